The Balaban J connectivity index is 1.35. The summed E-state index contributed by atoms with van der Waals surface area (Å²) in [6, 6.07) is 0. The van der Waals surface area contributed by atoms with Crippen molar-refractivity contribution in [3.63, 3.8) is 0 Å². The van der Waals surface area contributed by atoms with Crippen LogP contribution in [0.15, 0.2) is 0 Å². The molecule has 5 rings (SSSR count). The molecule has 5 unspecified atom stereocenters. The minimum atomic E-state index is -1.47. The fraction of sp³-hybridized carbons (Fsp3) is 0.878. The lowest BCUT2D eigenvalue weighted by molar-refractivity contribution is -0.166. The molecule has 0 aromatic rings. The average molecular weight is 892 g/mol. The summed E-state index contributed by atoms with van der Waals surface area (Å²) in [7, 11) is 0. The van der Waals surface area contributed by atoms with Gasteiger partial charge in [-0.1, -0.05) is 79.1 Å². The molecule has 0 aromatic heterocycles. The third kappa shape index (κ3) is 16.8. The van der Waals surface area contributed by atoms with Gasteiger partial charge in [0.1, 0.15) is 31.8 Å². The summed E-state index contributed by atoms with van der Waals surface area (Å²) in [4.78, 5) is 79.7. The molecule has 14 heteroatoms. The maximum absolute atomic E-state index is 13.7. The first kappa shape index (κ1) is 52.2. The molecule has 0 N–H and O–H groups in total. The molecule has 5 saturated carbocycles. The SMILES string of the molecule is CCCCCCCOC(=O)CCCC(=O)OCC(COC(=O)CCCC(=O)OCCCCCCC)(COC(=O)CC12CC3CC4CC3(C1)C4C2)COC(=O)OCCCN(CC)CC. The number of unbranched alkanes of at least 4 members (excludes halogenated alkanes) is 8. The second-order valence-corrected chi connectivity index (χ2v) is 19.2. The highest BCUT2D eigenvalue weighted by atomic mass is 16.7. The lowest BCUT2D eigenvalue weighted by atomic mass is 9.59. The van der Waals surface area contributed by atoms with Crippen LogP contribution < -0.4 is 0 Å². The quantitative estimate of drug-likeness (QED) is 0.0331. The molecule has 5 fully saturated rings. The third-order valence-corrected chi connectivity index (χ3v) is 14.3. The second-order valence-electron chi connectivity index (χ2n) is 19.2. The summed E-state index contributed by atoms with van der Waals surface area (Å²) in [5, 5.41) is 0. The van der Waals surface area contributed by atoms with Crippen LogP contribution in [0.25, 0.3) is 0 Å². The van der Waals surface area contributed by atoms with Gasteiger partial charge in [-0.2, -0.15) is 0 Å². The first-order chi connectivity index (χ1) is 30.4. The van der Waals surface area contributed by atoms with Crippen molar-refractivity contribution in [3.8, 4) is 0 Å². The minimum absolute atomic E-state index is 0.0473. The molecule has 63 heavy (non-hydrogen) atoms. The number of carbonyl (C=O) groups is 6. The van der Waals surface area contributed by atoms with E-state index in [0.717, 1.165) is 109 Å². The summed E-state index contributed by atoms with van der Waals surface area (Å²) in [6.45, 7) is 10.1. The van der Waals surface area contributed by atoms with E-state index >= 15 is 0 Å². The topological polar surface area (TPSA) is 170 Å². The molecule has 1 spiro atoms. The van der Waals surface area contributed by atoms with Crippen molar-refractivity contribution in [3.05, 3.63) is 0 Å². The van der Waals surface area contributed by atoms with Crippen LogP contribution in [-0.4, -0.2) is 107 Å². The molecule has 0 radical (unpaired) electrons. The van der Waals surface area contributed by atoms with Gasteiger partial charge in [0.25, 0.3) is 0 Å². The van der Waals surface area contributed by atoms with Crippen LogP contribution in [0.2, 0.25) is 0 Å². The molecule has 0 saturated heterocycles. The summed E-state index contributed by atoms with van der Waals surface area (Å²) >= 11 is 0. The summed E-state index contributed by atoms with van der Waals surface area (Å²) < 4.78 is 39.0. The van der Waals surface area contributed by atoms with Crippen LogP contribution in [0.3, 0.4) is 0 Å². The predicted molar refractivity (Wildman–Crippen MR) is 235 cm³/mol. The van der Waals surface area contributed by atoms with E-state index in [9.17, 15) is 28.8 Å². The van der Waals surface area contributed by atoms with Crippen LogP contribution in [0, 0.1) is 34.0 Å². The van der Waals surface area contributed by atoms with Gasteiger partial charge in [-0.3, -0.25) is 24.0 Å². The van der Waals surface area contributed by atoms with E-state index in [1.165, 1.54) is 12.8 Å². The van der Waals surface area contributed by atoms with E-state index in [1.807, 2.05) is 0 Å². The van der Waals surface area contributed by atoms with Crippen molar-refractivity contribution >= 4 is 36.0 Å². The Bertz CT molecular complexity index is 1390. The number of hydrogen-bond donors (Lipinski definition) is 0. The number of esters is 5. The van der Waals surface area contributed by atoms with E-state index in [4.69, 9.17) is 33.2 Å². The first-order valence-electron chi connectivity index (χ1n) is 24.7. The molecule has 0 aromatic carbocycles. The number of carbonyl (C=O) groups excluding carboxylic acids is 6. The van der Waals surface area contributed by atoms with Gasteiger partial charge in [0.05, 0.1) is 26.2 Å². The van der Waals surface area contributed by atoms with Gasteiger partial charge in [-0.05, 0) is 106 Å². The fourth-order valence-corrected chi connectivity index (χ4v) is 10.9. The Morgan fingerprint density at radius 1 is 0.524 bits per heavy atom. The highest BCUT2D eigenvalue weighted by Gasteiger charge is 2.76. The number of hydrogen-bond acceptors (Lipinski definition) is 14. The normalized spacial score (nSPS) is 22.7. The van der Waals surface area contributed by atoms with Gasteiger partial charge in [-0.15, -0.1) is 0 Å². The Morgan fingerprint density at radius 2 is 1.02 bits per heavy atom. The van der Waals surface area contributed by atoms with Crippen LogP contribution >= 0.6 is 0 Å². The molecule has 3 bridgehead atoms. The Morgan fingerprint density at radius 3 is 1.52 bits per heavy atom. The smallest absolute Gasteiger partial charge is 0.466 e. The van der Waals surface area contributed by atoms with Crippen LogP contribution in [-0.2, 0) is 57.1 Å². The Kier molecular flexibility index (Phi) is 22.5. The Hall–Kier alpha value is -3.42. The fourth-order valence-electron chi connectivity index (χ4n) is 10.9. The summed E-state index contributed by atoms with van der Waals surface area (Å²) in [5.41, 5.74) is -1.14. The molecule has 0 amide bonds. The van der Waals surface area contributed by atoms with E-state index in [2.05, 4.69) is 32.6 Å². The predicted octanol–water partition coefficient (Wildman–Crippen LogP) is 9.07. The molecule has 5 atom stereocenters. The second kappa shape index (κ2) is 27.1. The van der Waals surface area contributed by atoms with Crippen LogP contribution in [0.4, 0.5) is 4.79 Å². The van der Waals surface area contributed by atoms with Crippen LogP contribution in [0.1, 0.15) is 175 Å². The molecule has 5 aliphatic carbocycles. The van der Waals surface area contributed by atoms with Crippen LogP contribution in [0.5, 0.6) is 0 Å². The zero-order chi connectivity index (χ0) is 45.6. The Labute approximate surface area is 377 Å². The molecular formula is C49H81NO13. The van der Waals surface area contributed by atoms with Gasteiger partial charge in [-0.25, -0.2) is 4.79 Å². The van der Waals surface area contributed by atoms with Crippen molar-refractivity contribution in [2.45, 2.75) is 175 Å². The number of fused-ring (bicyclic) bond motifs is 1. The van der Waals surface area contributed by atoms with Crippen molar-refractivity contribution < 1.29 is 61.9 Å². The molecule has 0 heterocycles. The summed E-state index contributed by atoms with van der Waals surface area (Å²) in [6.07, 6.45) is 16.3. The van der Waals surface area contributed by atoms with E-state index in [-0.39, 0.29) is 81.5 Å². The van der Waals surface area contributed by atoms with Crippen molar-refractivity contribution in [2.24, 2.45) is 34.0 Å². The molecule has 360 valence electrons. The van der Waals surface area contributed by atoms with Crippen molar-refractivity contribution in [1.82, 2.24) is 4.90 Å². The van der Waals surface area contributed by atoms with Gasteiger partial charge < -0.3 is 38.1 Å². The number of rotatable bonds is 36. The average Bonchev–Trinajstić information content (AvgIpc) is 3.91. The molecule has 14 nitrogen and oxygen atoms in total. The van der Waals surface area contributed by atoms with Crippen molar-refractivity contribution in [1.29, 1.82) is 0 Å². The molecular weight excluding hydrogens is 811 g/mol. The number of ether oxygens (including phenoxy) is 7. The highest BCUT2D eigenvalue weighted by molar-refractivity contribution is 5.73. The summed E-state index contributed by atoms with van der Waals surface area (Å²) in [5.74, 6) is -0.211. The monoisotopic (exact) mass is 892 g/mol. The van der Waals surface area contributed by atoms with Gasteiger partial charge >= 0.3 is 36.0 Å². The largest absolute Gasteiger partial charge is 0.508 e. The maximum atomic E-state index is 13.7. The minimum Gasteiger partial charge on any atom is -0.466 e. The van der Waals surface area contributed by atoms with Crippen molar-refractivity contribution in [2.75, 3.05) is 65.9 Å². The maximum Gasteiger partial charge on any atom is 0.508 e. The zero-order valence-corrected chi connectivity index (χ0v) is 39.3. The zero-order valence-electron chi connectivity index (χ0n) is 39.3. The lowest BCUT2D eigenvalue weighted by Crippen LogP contribution is -2.44. The molecule has 0 aliphatic heterocycles. The molecule has 5 aliphatic rings. The van der Waals surface area contributed by atoms with E-state index < -0.39 is 43.3 Å². The highest BCUT2D eigenvalue weighted by Crippen LogP contribution is 2.84. The van der Waals surface area contributed by atoms with E-state index in [1.54, 1.807) is 0 Å². The first-order valence-corrected chi connectivity index (χ1v) is 24.7. The third-order valence-electron chi connectivity index (χ3n) is 14.3. The van der Waals surface area contributed by atoms with Gasteiger partial charge in [0.2, 0.25) is 0 Å². The van der Waals surface area contributed by atoms with Gasteiger partial charge in [0.15, 0.2) is 0 Å². The standard InChI is InChI=1S/C49H81NO13/c1-5-9-11-13-15-25-57-41(51)20-17-22-43(53)60-34-48(37-63-46(56)59-27-19-24-50(7-3)8-4,35-61-44(54)23-18-21-42(52)58-26-16-14-12-10-6-2)36-62-45(55)32-47-30-39-28-38-29-49(39,33-47)40(38)31-47/h38-40H,5-37H2,1-4H3. The van der Waals surface area contributed by atoms with Gasteiger partial charge in [0, 0.05) is 32.2 Å². The number of nitrogens with zero attached hydrogens (tertiary/aromatic N) is 1. The van der Waals surface area contributed by atoms with E-state index in [0.29, 0.717) is 36.9 Å². The lowest BCUT2D eigenvalue weighted by Gasteiger charge is -2.45.